The molecule has 0 bridgehead atoms. The first-order chi connectivity index (χ1) is 15.9. The molecule has 0 saturated heterocycles. The number of ether oxygens (including phenoxy) is 1. The van der Waals surface area contributed by atoms with Gasteiger partial charge in [-0.2, -0.15) is 0 Å². The normalized spacial score (nSPS) is 18.6. The van der Waals surface area contributed by atoms with E-state index in [1.807, 2.05) is 65.0 Å². The smallest absolute Gasteiger partial charge is 0.407 e. The summed E-state index contributed by atoms with van der Waals surface area (Å²) in [6.45, 7) is 9.42. The summed E-state index contributed by atoms with van der Waals surface area (Å²) in [6.07, 6.45) is 3.39. The van der Waals surface area contributed by atoms with Crippen molar-refractivity contribution in [3.63, 3.8) is 0 Å². The first-order valence-corrected chi connectivity index (χ1v) is 11.9. The zero-order chi connectivity index (χ0) is 24.9. The van der Waals surface area contributed by atoms with Gasteiger partial charge in [0.05, 0.1) is 17.1 Å². The van der Waals surface area contributed by atoms with Gasteiger partial charge in [-0.25, -0.2) is 9.78 Å². The minimum atomic E-state index is -0.565. The van der Waals surface area contributed by atoms with Gasteiger partial charge in [0, 0.05) is 6.04 Å². The molecule has 1 aliphatic rings. The van der Waals surface area contributed by atoms with Crippen LogP contribution in [-0.2, 0) is 10.3 Å². The Balaban J connectivity index is 1.66. The number of anilines is 2. The summed E-state index contributed by atoms with van der Waals surface area (Å²) in [5.41, 5.74) is 6.37. The molecule has 1 aromatic heterocycles. The van der Waals surface area contributed by atoms with Gasteiger partial charge in [0.15, 0.2) is 0 Å². The number of benzene rings is 1. The molecule has 2 aromatic rings. The highest BCUT2D eigenvalue weighted by atomic mass is 16.6. The van der Waals surface area contributed by atoms with Crippen molar-refractivity contribution in [3.8, 4) is 0 Å². The van der Waals surface area contributed by atoms with E-state index < -0.39 is 17.2 Å². The molecular formula is C26H37N5O3. The zero-order valence-electron chi connectivity index (χ0n) is 20.8. The first kappa shape index (κ1) is 25.3. The second kappa shape index (κ2) is 10.3. The van der Waals surface area contributed by atoms with Crippen LogP contribution in [0.2, 0.25) is 0 Å². The number of amides is 2. The minimum Gasteiger partial charge on any atom is -0.444 e. The molecule has 1 heterocycles. The van der Waals surface area contributed by atoms with E-state index in [4.69, 9.17) is 10.5 Å². The van der Waals surface area contributed by atoms with E-state index in [0.717, 1.165) is 31.2 Å². The van der Waals surface area contributed by atoms with Crippen LogP contribution in [0.5, 0.6) is 0 Å². The maximum Gasteiger partial charge on any atom is 0.407 e. The van der Waals surface area contributed by atoms with Crippen molar-refractivity contribution in [3.05, 3.63) is 53.6 Å². The quantitative estimate of drug-likeness (QED) is 0.494. The lowest BCUT2D eigenvalue weighted by atomic mass is 9.90. The van der Waals surface area contributed by atoms with E-state index in [0.29, 0.717) is 11.4 Å². The Kier molecular flexibility index (Phi) is 7.69. The second-order valence-corrected chi connectivity index (χ2v) is 10.4. The molecule has 1 fully saturated rings. The standard InChI is InChI=1S/C26H37N5O3/c1-25(2,3)34-24(33)29-20-14-10-9-13-19(20)28-21-16-15-18(22(27)30-21)23(32)31-26(4,5)17-11-7-6-8-12-17/h6-8,11-12,15-16,19-20H,9-10,13-14H2,1-5H3,(H,29,33)(H,31,32)(H3,27,28,30)/t19-,20+/m0/s1. The van der Waals surface area contributed by atoms with E-state index in [2.05, 4.69) is 20.9 Å². The molecule has 0 aliphatic heterocycles. The van der Waals surface area contributed by atoms with Gasteiger partial charge >= 0.3 is 6.09 Å². The molecule has 1 aliphatic carbocycles. The van der Waals surface area contributed by atoms with Crippen molar-refractivity contribution >= 4 is 23.6 Å². The number of hydrogen-bond donors (Lipinski definition) is 4. The predicted molar refractivity (Wildman–Crippen MR) is 135 cm³/mol. The highest BCUT2D eigenvalue weighted by Gasteiger charge is 2.29. The Morgan fingerprint density at radius 3 is 2.24 bits per heavy atom. The van der Waals surface area contributed by atoms with Gasteiger partial charge in [-0.1, -0.05) is 43.2 Å². The fourth-order valence-corrected chi connectivity index (χ4v) is 4.15. The largest absolute Gasteiger partial charge is 0.444 e. The summed E-state index contributed by atoms with van der Waals surface area (Å²) in [7, 11) is 0. The van der Waals surface area contributed by atoms with Crippen molar-refractivity contribution in [2.24, 2.45) is 0 Å². The van der Waals surface area contributed by atoms with Gasteiger partial charge in [0.2, 0.25) is 0 Å². The number of nitrogens with one attached hydrogen (secondary N) is 3. The molecule has 1 aromatic carbocycles. The Hall–Kier alpha value is -3.29. The average molecular weight is 468 g/mol. The molecule has 5 N–H and O–H groups in total. The number of nitrogens with two attached hydrogens (primary N) is 1. The van der Waals surface area contributed by atoms with E-state index >= 15 is 0 Å². The molecule has 8 nitrogen and oxygen atoms in total. The Morgan fingerprint density at radius 2 is 1.62 bits per heavy atom. The Bertz CT molecular complexity index is 1000. The summed E-state index contributed by atoms with van der Waals surface area (Å²) in [6, 6.07) is 13.1. The number of carbonyl (C=O) groups is 2. The third-order valence-electron chi connectivity index (χ3n) is 5.89. The van der Waals surface area contributed by atoms with E-state index in [9.17, 15) is 9.59 Å². The summed E-state index contributed by atoms with van der Waals surface area (Å²) in [5.74, 6) is 0.436. The number of pyridine rings is 1. The molecule has 184 valence electrons. The van der Waals surface area contributed by atoms with Gasteiger partial charge in [-0.15, -0.1) is 0 Å². The number of carbonyl (C=O) groups excluding carboxylic acids is 2. The van der Waals surface area contributed by atoms with Crippen LogP contribution in [-0.4, -0.2) is 34.7 Å². The van der Waals surface area contributed by atoms with Crippen LogP contribution in [0.15, 0.2) is 42.5 Å². The van der Waals surface area contributed by atoms with E-state index in [1.54, 1.807) is 12.1 Å². The van der Waals surface area contributed by atoms with Crippen molar-refractivity contribution < 1.29 is 14.3 Å². The molecule has 8 heteroatoms. The number of nitrogens with zero attached hydrogens (tertiary/aromatic N) is 1. The first-order valence-electron chi connectivity index (χ1n) is 11.9. The van der Waals surface area contributed by atoms with Crippen LogP contribution in [0.3, 0.4) is 0 Å². The topological polar surface area (TPSA) is 118 Å². The average Bonchev–Trinajstić information content (AvgIpc) is 2.74. The molecule has 2 amide bonds. The van der Waals surface area contributed by atoms with Crippen LogP contribution in [0.1, 0.15) is 76.2 Å². The maximum atomic E-state index is 12.9. The molecular weight excluding hydrogens is 430 g/mol. The molecule has 34 heavy (non-hydrogen) atoms. The highest BCUT2D eigenvalue weighted by Crippen LogP contribution is 2.25. The fourth-order valence-electron chi connectivity index (χ4n) is 4.15. The number of rotatable bonds is 6. The molecule has 3 rings (SSSR count). The van der Waals surface area contributed by atoms with Crippen LogP contribution in [0.4, 0.5) is 16.4 Å². The summed E-state index contributed by atoms with van der Waals surface area (Å²) in [4.78, 5) is 29.6. The van der Waals surface area contributed by atoms with Gasteiger partial charge in [0.25, 0.3) is 5.91 Å². The van der Waals surface area contributed by atoms with Crippen LogP contribution < -0.4 is 21.7 Å². The number of alkyl carbamates (subject to hydrolysis) is 1. The minimum absolute atomic E-state index is 0.00939. The van der Waals surface area contributed by atoms with Crippen LogP contribution >= 0.6 is 0 Å². The monoisotopic (exact) mass is 467 g/mol. The Labute approximate surface area is 202 Å². The number of aromatic nitrogens is 1. The van der Waals surface area contributed by atoms with Gasteiger partial charge in [-0.05, 0) is 65.2 Å². The van der Waals surface area contributed by atoms with E-state index in [1.165, 1.54) is 0 Å². The number of hydrogen-bond acceptors (Lipinski definition) is 6. The third-order valence-corrected chi connectivity index (χ3v) is 5.89. The van der Waals surface area contributed by atoms with Crippen molar-refractivity contribution in [2.75, 3.05) is 11.1 Å². The molecule has 0 spiro atoms. The zero-order valence-corrected chi connectivity index (χ0v) is 20.8. The summed E-state index contributed by atoms with van der Waals surface area (Å²) in [5, 5.41) is 9.41. The lowest BCUT2D eigenvalue weighted by Gasteiger charge is -2.33. The van der Waals surface area contributed by atoms with Gasteiger partial charge in [-0.3, -0.25) is 4.79 Å². The van der Waals surface area contributed by atoms with Gasteiger partial charge in [0.1, 0.15) is 17.2 Å². The second-order valence-electron chi connectivity index (χ2n) is 10.4. The maximum absolute atomic E-state index is 12.9. The van der Waals surface area contributed by atoms with Crippen molar-refractivity contribution in [1.82, 2.24) is 15.6 Å². The predicted octanol–water partition coefficient (Wildman–Crippen LogP) is 4.58. The van der Waals surface area contributed by atoms with Crippen LogP contribution in [0.25, 0.3) is 0 Å². The Morgan fingerprint density at radius 1 is 0.971 bits per heavy atom. The van der Waals surface area contributed by atoms with Crippen molar-refractivity contribution in [2.45, 2.75) is 83.5 Å². The van der Waals surface area contributed by atoms with Gasteiger partial charge < -0.3 is 26.4 Å². The lowest BCUT2D eigenvalue weighted by Crippen LogP contribution is -2.49. The SMILES string of the molecule is CC(C)(C)OC(=O)N[C@@H]1CCCC[C@@H]1Nc1ccc(C(=O)NC(C)(C)c2ccccc2)c(N)n1. The lowest BCUT2D eigenvalue weighted by molar-refractivity contribution is 0.0488. The highest BCUT2D eigenvalue weighted by molar-refractivity contribution is 5.99. The molecule has 2 atom stereocenters. The number of nitrogen functional groups attached to an aromatic ring is 1. The fraction of sp³-hybridized carbons (Fsp3) is 0.500. The summed E-state index contributed by atoms with van der Waals surface area (Å²) < 4.78 is 5.41. The van der Waals surface area contributed by atoms with Crippen LogP contribution in [0, 0.1) is 0 Å². The van der Waals surface area contributed by atoms with Crippen molar-refractivity contribution in [1.29, 1.82) is 0 Å². The molecule has 1 saturated carbocycles. The third kappa shape index (κ3) is 6.85. The summed E-state index contributed by atoms with van der Waals surface area (Å²) >= 11 is 0. The molecule has 0 radical (unpaired) electrons. The molecule has 0 unspecified atom stereocenters. The van der Waals surface area contributed by atoms with E-state index in [-0.39, 0.29) is 23.8 Å².